The Bertz CT molecular complexity index is 697. The van der Waals surface area contributed by atoms with Crippen LogP contribution in [0, 0.1) is 13.8 Å². The average Bonchev–Trinajstić information content (AvgIpc) is 2.34. The molecular formula is C13H13ClN2O2S. The number of nitrogens with one attached hydrogen (secondary N) is 1. The number of pyridine rings is 1. The summed E-state index contributed by atoms with van der Waals surface area (Å²) >= 11 is 5.63. The van der Waals surface area contributed by atoms with Crippen LogP contribution in [0.1, 0.15) is 11.1 Å². The maximum Gasteiger partial charge on any atom is 0.263 e. The summed E-state index contributed by atoms with van der Waals surface area (Å²) in [6, 6.07) is 8.24. The van der Waals surface area contributed by atoms with Crippen molar-refractivity contribution in [1.29, 1.82) is 0 Å². The second kappa shape index (κ2) is 5.19. The fourth-order valence-corrected chi connectivity index (χ4v) is 2.65. The number of nitrogens with zero attached hydrogens (tertiary/aromatic N) is 1. The minimum Gasteiger partial charge on any atom is -0.280 e. The van der Waals surface area contributed by atoms with Crippen LogP contribution >= 0.6 is 11.6 Å². The smallest absolute Gasteiger partial charge is 0.263 e. The summed E-state index contributed by atoms with van der Waals surface area (Å²) in [6.07, 6.45) is 1.23. The first-order valence-corrected chi connectivity index (χ1v) is 7.46. The molecule has 0 bridgehead atoms. The molecule has 6 heteroatoms. The van der Waals surface area contributed by atoms with E-state index in [4.69, 9.17) is 11.6 Å². The molecule has 0 amide bonds. The van der Waals surface area contributed by atoms with Crippen LogP contribution < -0.4 is 4.72 Å². The average molecular weight is 297 g/mol. The number of anilines is 1. The number of benzene rings is 1. The maximum atomic E-state index is 12.1. The van der Waals surface area contributed by atoms with Gasteiger partial charge in [0.1, 0.15) is 10.0 Å². The molecule has 19 heavy (non-hydrogen) atoms. The lowest BCUT2D eigenvalue weighted by atomic mass is 10.1. The predicted molar refractivity (Wildman–Crippen MR) is 76.0 cm³/mol. The van der Waals surface area contributed by atoms with E-state index in [1.807, 2.05) is 19.9 Å². The molecule has 2 aromatic rings. The van der Waals surface area contributed by atoms with Gasteiger partial charge in [-0.3, -0.25) is 4.72 Å². The molecule has 0 unspecified atom stereocenters. The van der Waals surface area contributed by atoms with Gasteiger partial charge in [0.15, 0.2) is 0 Å². The van der Waals surface area contributed by atoms with Crippen molar-refractivity contribution in [2.75, 3.05) is 4.72 Å². The lowest BCUT2D eigenvalue weighted by Gasteiger charge is -2.09. The molecule has 1 aromatic heterocycles. The zero-order chi connectivity index (χ0) is 14.0. The van der Waals surface area contributed by atoms with Gasteiger partial charge in [-0.2, -0.15) is 0 Å². The zero-order valence-electron chi connectivity index (χ0n) is 10.5. The quantitative estimate of drug-likeness (QED) is 0.885. The maximum absolute atomic E-state index is 12.1. The number of rotatable bonds is 3. The van der Waals surface area contributed by atoms with Crippen molar-refractivity contribution >= 4 is 27.3 Å². The summed E-state index contributed by atoms with van der Waals surface area (Å²) in [6.45, 7) is 3.90. The normalized spacial score (nSPS) is 11.3. The SMILES string of the molecule is Cc1ccc(NS(=O)(=O)c2ccc(Cl)nc2)cc1C. The van der Waals surface area contributed by atoms with Crippen LogP contribution in [0.15, 0.2) is 41.4 Å². The lowest BCUT2D eigenvalue weighted by molar-refractivity contribution is 0.601. The molecule has 1 N–H and O–H groups in total. The van der Waals surface area contributed by atoms with Crippen molar-refractivity contribution in [1.82, 2.24) is 4.98 Å². The Morgan fingerprint density at radius 3 is 2.42 bits per heavy atom. The third kappa shape index (κ3) is 3.24. The highest BCUT2D eigenvalue weighted by molar-refractivity contribution is 7.92. The summed E-state index contributed by atoms with van der Waals surface area (Å²) in [5.74, 6) is 0. The first-order valence-electron chi connectivity index (χ1n) is 5.60. The monoisotopic (exact) mass is 296 g/mol. The minimum absolute atomic E-state index is 0.0788. The number of hydrogen-bond acceptors (Lipinski definition) is 3. The first-order chi connectivity index (χ1) is 8.88. The van der Waals surface area contributed by atoms with Gasteiger partial charge in [0, 0.05) is 11.9 Å². The Morgan fingerprint density at radius 1 is 1.11 bits per heavy atom. The number of halogens is 1. The van der Waals surface area contributed by atoms with Crippen molar-refractivity contribution < 1.29 is 8.42 Å². The van der Waals surface area contributed by atoms with Crippen LogP contribution in [0.2, 0.25) is 5.15 Å². The van der Waals surface area contributed by atoms with Gasteiger partial charge in [-0.15, -0.1) is 0 Å². The molecule has 0 aliphatic rings. The van der Waals surface area contributed by atoms with E-state index in [-0.39, 0.29) is 10.0 Å². The molecule has 0 atom stereocenters. The second-order valence-corrected chi connectivity index (χ2v) is 6.29. The molecule has 4 nitrogen and oxygen atoms in total. The zero-order valence-corrected chi connectivity index (χ0v) is 12.1. The molecule has 0 aliphatic carbocycles. The standard InChI is InChI=1S/C13H13ClN2O2S/c1-9-3-4-11(7-10(9)2)16-19(17,18)12-5-6-13(14)15-8-12/h3-8,16H,1-2H3. The van der Waals surface area contributed by atoms with Crippen molar-refractivity contribution in [2.24, 2.45) is 0 Å². The fourth-order valence-electron chi connectivity index (χ4n) is 1.54. The van der Waals surface area contributed by atoms with Crippen molar-refractivity contribution in [3.05, 3.63) is 52.8 Å². The molecule has 0 radical (unpaired) electrons. The molecule has 1 aromatic carbocycles. The lowest BCUT2D eigenvalue weighted by Crippen LogP contribution is -2.13. The predicted octanol–water partition coefficient (Wildman–Crippen LogP) is 3.15. The summed E-state index contributed by atoms with van der Waals surface area (Å²) in [5, 5.41) is 0.255. The number of sulfonamides is 1. The van der Waals surface area contributed by atoms with Gasteiger partial charge >= 0.3 is 0 Å². The summed E-state index contributed by atoms with van der Waals surface area (Å²) in [4.78, 5) is 3.84. The van der Waals surface area contributed by atoms with Gasteiger partial charge in [-0.25, -0.2) is 13.4 Å². The molecule has 0 spiro atoms. The number of aryl methyl sites for hydroxylation is 2. The van der Waals surface area contributed by atoms with Crippen molar-refractivity contribution in [3.63, 3.8) is 0 Å². The highest BCUT2D eigenvalue weighted by Gasteiger charge is 2.14. The van der Waals surface area contributed by atoms with E-state index in [0.717, 1.165) is 11.1 Å². The Morgan fingerprint density at radius 2 is 1.84 bits per heavy atom. The Hall–Kier alpha value is -1.59. The fraction of sp³-hybridized carbons (Fsp3) is 0.154. The largest absolute Gasteiger partial charge is 0.280 e. The molecule has 0 fully saturated rings. The highest BCUT2D eigenvalue weighted by atomic mass is 35.5. The van der Waals surface area contributed by atoms with Gasteiger partial charge in [0.2, 0.25) is 0 Å². The number of hydrogen-bond donors (Lipinski definition) is 1. The van der Waals surface area contributed by atoms with Crippen molar-refractivity contribution in [2.45, 2.75) is 18.7 Å². The summed E-state index contributed by atoms with van der Waals surface area (Å²) in [5.41, 5.74) is 2.66. The number of aromatic nitrogens is 1. The third-order valence-electron chi connectivity index (χ3n) is 2.77. The van der Waals surface area contributed by atoms with Crippen LogP contribution in [-0.4, -0.2) is 13.4 Å². The Labute approximate surface area is 117 Å². The third-order valence-corrected chi connectivity index (χ3v) is 4.36. The molecule has 0 saturated heterocycles. The Balaban J connectivity index is 2.30. The van der Waals surface area contributed by atoms with E-state index in [1.165, 1.54) is 18.3 Å². The van der Waals surface area contributed by atoms with Gasteiger partial charge in [0.25, 0.3) is 10.0 Å². The van der Waals surface area contributed by atoms with Gasteiger partial charge < -0.3 is 0 Å². The van der Waals surface area contributed by atoms with Crippen molar-refractivity contribution in [3.8, 4) is 0 Å². The topological polar surface area (TPSA) is 59.1 Å². The molecule has 0 aliphatic heterocycles. The van der Waals surface area contributed by atoms with Crippen LogP contribution in [0.4, 0.5) is 5.69 Å². The van der Waals surface area contributed by atoms with Crippen LogP contribution in [0.3, 0.4) is 0 Å². The van der Waals surface area contributed by atoms with E-state index in [9.17, 15) is 8.42 Å². The molecule has 1 heterocycles. The molecular weight excluding hydrogens is 284 g/mol. The first kappa shape index (κ1) is 13.8. The van der Waals surface area contributed by atoms with Gasteiger partial charge in [-0.1, -0.05) is 17.7 Å². The molecule has 100 valence electrons. The molecule has 0 saturated carbocycles. The Kier molecular flexibility index (Phi) is 3.78. The summed E-state index contributed by atoms with van der Waals surface area (Å²) < 4.78 is 26.7. The van der Waals surface area contributed by atoms with Gasteiger partial charge in [-0.05, 0) is 49.2 Å². The van der Waals surface area contributed by atoms with E-state index < -0.39 is 10.0 Å². The second-order valence-electron chi connectivity index (χ2n) is 4.22. The van der Waals surface area contributed by atoms with Crippen LogP contribution in [0.25, 0.3) is 0 Å². The van der Waals surface area contributed by atoms with Crippen LogP contribution in [0.5, 0.6) is 0 Å². The summed E-state index contributed by atoms with van der Waals surface area (Å²) in [7, 11) is -3.63. The van der Waals surface area contributed by atoms with E-state index >= 15 is 0 Å². The minimum atomic E-state index is -3.63. The highest BCUT2D eigenvalue weighted by Crippen LogP contribution is 2.19. The van der Waals surface area contributed by atoms with Gasteiger partial charge in [0.05, 0.1) is 0 Å². The van der Waals surface area contributed by atoms with E-state index in [1.54, 1.807) is 12.1 Å². The van der Waals surface area contributed by atoms with Crippen LogP contribution in [-0.2, 0) is 10.0 Å². The van der Waals surface area contributed by atoms with E-state index in [0.29, 0.717) is 5.69 Å². The van der Waals surface area contributed by atoms with E-state index in [2.05, 4.69) is 9.71 Å². The molecule has 2 rings (SSSR count).